The van der Waals surface area contributed by atoms with Crippen molar-refractivity contribution >= 4 is 11.8 Å². The zero-order chi connectivity index (χ0) is 16.4. The van der Waals surface area contributed by atoms with Gasteiger partial charge in [-0.25, -0.2) is 4.98 Å². The molecule has 0 amide bonds. The van der Waals surface area contributed by atoms with Gasteiger partial charge in [0.15, 0.2) is 0 Å². The molecule has 0 saturated heterocycles. The normalized spacial score (nSPS) is 13.2. The third-order valence-electron chi connectivity index (χ3n) is 3.20. The monoisotopic (exact) mass is 330 g/mol. The Hall–Kier alpha value is -2.15. The van der Waals surface area contributed by atoms with E-state index in [-0.39, 0.29) is 10.7 Å². The largest absolute Gasteiger partial charge is 0.444 e. The minimum absolute atomic E-state index is 0.0201. The van der Waals surface area contributed by atoms with Crippen LogP contribution < -0.4 is 0 Å². The van der Waals surface area contributed by atoms with Crippen molar-refractivity contribution in [3.05, 3.63) is 42.4 Å². The Labute approximate surface area is 138 Å². The highest BCUT2D eigenvalue weighted by molar-refractivity contribution is 7.99. The fourth-order valence-electron chi connectivity index (χ4n) is 1.89. The third kappa shape index (κ3) is 3.61. The molecule has 0 aliphatic heterocycles. The lowest BCUT2D eigenvalue weighted by molar-refractivity contribution is 0.382. The van der Waals surface area contributed by atoms with Crippen molar-refractivity contribution in [1.82, 2.24) is 20.2 Å². The van der Waals surface area contributed by atoms with E-state index in [2.05, 4.69) is 40.9 Å². The zero-order valence-electron chi connectivity index (χ0n) is 13.5. The van der Waals surface area contributed by atoms with Crippen molar-refractivity contribution in [1.29, 1.82) is 0 Å². The van der Waals surface area contributed by atoms with Crippen LogP contribution in [0.2, 0.25) is 0 Å². The highest BCUT2D eigenvalue weighted by Gasteiger charge is 2.23. The van der Waals surface area contributed by atoms with Gasteiger partial charge in [0.1, 0.15) is 5.76 Å². The summed E-state index contributed by atoms with van der Waals surface area (Å²) in [4.78, 5) is 8.40. The van der Waals surface area contributed by atoms with Crippen LogP contribution in [0.1, 0.15) is 44.6 Å². The summed E-state index contributed by atoms with van der Waals surface area (Å²) in [6, 6.07) is 3.71. The van der Waals surface area contributed by atoms with Crippen molar-refractivity contribution < 1.29 is 8.83 Å². The van der Waals surface area contributed by atoms with Gasteiger partial charge in [-0.3, -0.25) is 4.98 Å². The van der Waals surface area contributed by atoms with E-state index in [9.17, 15) is 0 Å². The molecular weight excluding hydrogens is 312 g/mol. The lowest BCUT2D eigenvalue weighted by Gasteiger charge is -2.13. The van der Waals surface area contributed by atoms with Gasteiger partial charge in [-0.1, -0.05) is 32.5 Å². The highest BCUT2D eigenvalue weighted by atomic mass is 32.2. The van der Waals surface area contributed by atoms with E-state index < -0.39 is 0 Å². The number of pyridine rings is 1. The zero-order valence-corrected chi connectivity index (χ0v) is 14.3. The Morgan fingerprint density at radius 1 is 1.13 bits per heavy atom. The molecule has 0 aromatic carbocycles. The number of rotatable bonds is 4. The molecule has 0 radical (unpaired) electrons. The Bertz CT molecular complexity index is 777. The average Bonchev–Trinajstić information content (AvgIpc) is 3.17. The van der Waals surface area contributed by atoms with Crippen LogP contribution in [0.3, 0.4) is 0 Å². The number of nitrogens with zero attached hydrogens (tertiary/aromatic N) is 4. The summed E-state index contributed by atoms with van der Waals surface area (Å²) in [5.41, 5.74) is 0.735. The molecule has 0 unspecified atom stereocenters. The van der Waals surface area contributed by atoms with Gasteiger partial charge in [-0.2, -0.15) is 0 Å². The lowest BCUT2D eigenvalue weighted by atomic mass is 9.94. The molecule has 1 atom stereocenters. The van der Waals surface area contributed by atoms with Crippen molar-refractivity contribution in [2.24, 2.45) is 0 Å². The molecule has 3 heterocycles. The summed E-state index contributed by atoms with van der Waals surface area (Å²) >= 11 is 1.42. The maximum atomic E-state index is 5.84. The second kappa shape index (κ2) is 6.16. The van der Waals surface area contributed by atoms with Gasteiger partial charge < -0.3 is 8.83 Å². The van der Waals surface area contributed by atoms with E-state index in [0.717, 1.165) is 11.3 Å². The van der Waals surface area contributed by atoms with Crippen LogP contribution in [0.25, 0.3) is 11.5 Å². The molecule has 0 saturated carbocycles. The Kier molecular flexibility index (Phi) is 4.21. The number of hydrogen-bond donors (Lipinski definition) is 0. The molecule has 120 valence electrons. The fourth-order valence-corrected chi connectivity index (χ4v) is 2.61. The number of thioether (sulfide) groups is 1. The average molecular weight is 330 g/mol. The maximum Gasteiger partial charge on any atom is 0.277 e. The summed E-state index contributed by atoms with van der Waals surface area (Å²) in [5, 5.41) is 8.57. The van der Waals surface area contributed by atoms with E-state index in [1.807, 2.05) is 19.1 Å². The second-order valence-corrected chi connectivity index (χ2v) is 7.48. The van der Waals surface area contributed by atoms with E-state index in [1.165, 1.54) is 11.8 Å². The van der Waals surface area contributed by atoms with Gasteiger partial charge in [0.25, 0.3) is 5.22 Å². The first-order valence-electron chi connectivity index (χ1n) is 7.30. The van der Waals surface area contributed by atoms with Crippen LogP contribution >= 0.6 is 11.8 Å². The first kappa shape index (κ1) is 15.7. The van der Waals surface area contributed by atoms with E-state index >= 15 is 0 Å². The van der Waals surface area contributed by atoms with Gasteiger partial charge in [-0.05, 0) is 19.1 Å². The number of aromatic nitrogens is 4. The van der Waals surface area contributed by atoms with Crippen LogP contribution in [0.4, 0.5) is 0 Å². The predicted molar refractivity (Wildman–Crippen MR) is 87.0 cm³/mol. The summed E-state index contributed by atoms with van der Waals surface area (Å²) in [6.07, 6.45) is 5.17. The van der Waals surface area contributed by atoms with Crippen molar-refractivity contribution in [3.63, 3.8) is 0 Å². The van der Waals surface area contributed by atoms with Crippen molar-refractivity contribution in [3.8, 4) is 11.5 Å². The summed E-state index contributed by atoms with van der Waals surface area (Å²) in [5.74, 6) is 1.97. The molecule has 23 heavy (non-hydrogen) atoms. The highest BCUT2D eigenvalue weighted by Crippen LogP contribution is 2.36. The van der Waals surface area contributed by atoms with Crippen LogP contribution in [0.15, 0.2) is 44.8 Å². The molecule has 0 aliphatic rings. The predicted octanol–water partition coefficient (Wildman–Crippen LogP) is 4.27. The molecule has 7 heteroatoms. The standard InChI is InChI=1S/C16H18N4O2S/c1-10(13-18-9-12(21-13)16(2,3)4)23-15-20-19-14(22-15)11-6-5-7-17-8-11/h5-10H,1-4H3/t10-/m0/s1. The lowest BCUT2D eigenvalue weighted by Crippen LogP contribution is -2.09. The van der Waals surface area contributed by atoms with Gasteiger partial charge in [-0.15, -0.1) is 10.2 Å². The Balaban J connectivity index is 1.72. The molecular formula is C16H18N4O2S. The van der Waals surface area contributed by atoms with E-state index in [4.69, 9.17) is 8.83 Å². The van der Waals surface area contributed by atoms with E-state index in [1.54, 1.807) is 18.6 Å². The van der Waals surface area contributed by atoms with Gasteiger partial charge >= 0.3 is 0 Å². The summed E-state index contributed by atoms with van der Waals surface area (Å²) < 4.78 is 11.5. The SMILES string of the molecule is C[C@H](Sc1nnc(-c2cccnc2)o1)c1ncc(C(C)(C)C)o1. The molecule has 0 bridgehead atoms. The van der Waals surface area contributed by atoms with Crippen molar-refractivity contribution in [2.45, 2.75) is 43.6 Å². The first-order chi connectivity index (χ1) is 10.9. The molecule has 0 aliphatic carbocycles. The minimum Gasteiger partial charge on any atom is -0.444 e. The molecule has 3 aromatic heterocycles. The quantitative estimate of drug-likeness (QED) is 0.661. The molecule has 3 rings (SSSR count). The number of hydrogen-bond acceptors (Lipinski definition) is 7. The molecule has 3 aromatic rings. The van der Waals surface area contributed by atoms with Crippen molar-refractivity contribution in [2.75, 3.05) is 0 Å². The Morgan fingerprint density at radius 2 is 1.96 bits per heavy atom. The summed E-state index contributed by atoms with van der Waals surface area (Å²) in [6.45, 7) is 8.27. The fraction of sp³-hybridized carbons (Fsp3) is 0.375. The van der Waals surface area contributed by atoms with Crippen LogP contribution in [-0.4, -0.2) is 20.2 Å². The molecule has 0 spiro atoms. The topological polar surface area (TPSA) is 77.8 Å². The minimum atomic E-state index is -0.0619. The second-order valence-electron chi connectivity index (χ2n) is 6.19. The smallest absolute Gasteiger partial charge is 0.277 e. The van der Waals surface area contributed by atoms with Crippen LogP contribution in [0, 0.1) is 0 Å². The van der Waals surface area contributed by atoms with Gasteiger partial charge in [0.05, 0.1) is 17.0 Å². The molecule has 6 nitrogen and oxygen atoms in total. The third-order valence-corrected chi connectivity index (χ3v) is 4.12. The maximum absolute atomic E-state index is 5.84. The molecule has 0 N–H and O–H groups in total. The summed E-state index contributed by atoms with van der Waals surface area (Å²) in [7, 11) is 0. The first-order valence-corrected chi connectivity index (χ1v) is 8.18. The Morgan fingerprint density at radius 3 is 2.61 bits per heavy atom. The molecule has 0 fully saturated rings. The van der Waals surface area contributed by atoms with E-state index in [0.29, 0.717) is 17.0 Å². The number of oxazole rings is 1. The van der Waals surface area contributed by atoms with Gasteiger partial charge in [0.2, 0.25) is 11.8 Å². The van der Waals surface area contributed by atoms with Crippen LogP contribution in [-0.2, 0) is 5.41 Å². The van der Waals surface area contributed by atoms with Crippen LogP contribution in [0.5, 0.6) is 0 Å². The van der Waals surface area contributed by atoms with Gasteiger partial charge in [0, 0.05) is 17.8 Å².